The molecule has 0 saturated carbocycles. The second kappa shape index (κ2) is 6.66. The van der Waals surface area contributed by atoms with Crippen LogP contribution in [0.2, 0.25) is 0 Å². The van der Waals surface area contributed by atoms with E-state index in [-0.39, 0.29) is 22.6 Å². The van der Waals surface area contributed by atoms with Crippen LogP contribution in [0.5, 0.6) is 0 Å². The first-order chi connectivity index (χ1) is 8.04. The van der Waals surface area contributed by atoms with E-state index in [2.05, 4.69) is 26.6 Å². The van der Waals surface area contributed by atoms with Gasteiger partial charge < -0.3 is 10.6 Å². The van der Waals surface area contributed by atoms with E-state index < -0.39 is 11.6 Å². The second-order valence-corrected chi connectivity index (χ2v) is 4.32. The molecule has 0 saturated heterocycles. The van der Waals surface area contributed by atoms with E-state index in [1.54, 1.807) is 0 Å². The Morgan fingerprint density at radius 3 is 2.71 bits per heavy atom. The van der Waals surface area contributed by atoms with Gasteiger partial charge in [-0.3, -0.25) is 4.79 Å². The number of amides is 1. The molecule has 0 fully saturated rings. The van der Waals surface area contributed by atoms with Crippen LogP contribution in [0.3, 0.4) is 0 Å². The van der Waals surface area contributed by atoms with Gasteiger partial charge in [0, 0.05) is 10.5 Å². The fourth-order valence-corrected chi connectivity index (χ4v) is 1.73. The van der Waals surface area contributed by atoms with Gasteiger partial charge in [0.05, 0.1) is 12.2 Å². The Balaban J connectivity index is 2.65. The van der Waals surface area contributed by atoms with Gasteiger partial charge in [-0.05, 0) is 35.0 Å². The predicted molar refractivity (Wildman–Crippen MR) is 65.8 cm³/mol. The standard InChI is InChI=1S/C11H13BrF2N2O/c1-2-3-15-6-10(17)16-11-8(12)4-7(13)5-9(11)14/h4-5,15H,2-3,6H2,1H3,(H,16,17). The number of carbonyl (C=O) groups is 1. The molecular weight excluding hydrogens is 294 g/mol. The lowest BCUT2D eigenvalue weighted by Gasteiger charge is -2.09. The summed E-state index contributed by atoms with van der Waals surface area (Å²) in [5.74, 6) is -1.87. The van der Waals surface area contributed by atoms with E-state index in [9.17, 15) is 13.6 Å². The van der Waals surface area contributed by atoms with Crippen molar-refractivity contribution >= 4 is 27.5 Å². The molecule has 1 rings (SSSR count). The fraction of sp³-hybridized carbons (Fsp3) is 0.364. The molecule has 0 radical (unpaired) electrons. The highest BCUT2D eigenvalue weighted by molar-refractivity contribution is 9.10. The van der Waals surface area contributed by atoms with Crippen molar-refractivity contribution in [2.45, 2.75) is 13.3 Å². The van der Waals surface area contributed by atoms with Gasteiger partial charge in [0.15, 0.2) is 5.82 Å². The lowest BCUT2D eigenvalue weighted by molar-refractivity contribution is -0.115. The number of hydrogen-bond acceptors (Lipinski definition) is 2. The Bertz CT molecular complexity index is 389. The molecule has 0 heterocycles. The summed E-state index contributed by atoms with van der Waals surface area (Å²) in [6.45, 7) is 2.78. The van der Waals surface area contributed by atoms with Gasteiger partial charge >= 0.3 is 0 Å². The van der Waals surface area contributed by atoms with Gasteiger partial charge in [-0.25, -0.2) is 8.78 Å². The number of rotatable bonds is 5. The first-order valence-electron chi connectivity index (χ1n) is 5.19. The van der Waals surface area contributed by atoms with Gasteiger partial charge in [0.1, 0.15) is 5.82 Å². The Morgan fingerprint density at radius 1 is 1.41 bits per heavy atom. The zero-order valence-corrected chi connectivity index (χ0v) is 10.9. The molecule has 3 nitrogen and oxygen atoms in total. The molecule has 0 aliphatic rings. The summed E-state index contributed by atoms with van der Waals surface area (Å²) in [5.41, 5.74) is -0.0466. The topological polar surface area (TPSA) is 41.1 Å². The highest BCUT2D eigenvalue weighted by Gasteiger charge is 2.12. The molecule has 0 bridgehead atoms. The monoisotopic (exact) mass is 306 g/mol. The number of hydrogen-bond donors (Lipinski definition) is 2. The van der Waals surface area contributed by atoms with E-state index in [4.69, 9.17) is 0 Å². The summed E-state index contributed by atoms with van der Waals surface area (Å²) in [7, 11) is 0. The highest BCUT2D eigenvalue weighted by Crippen LogP contribution is 2.26. The molecular formula is C11H13BrF2N2O. The quantitative estimate of drug-likeness (QED) is 0.821. The molecule has 6 heteroatoms. The average Bonchev–Trinajstić information content (AvgIpc) is 2.24. The lowest BCUT2D eigenvalue weighted by atomic mass is 10.3. The maximum absolute atomic E-state index is 13.4. The number of anilines is 1. The molecule has 0 atom stereocenters. The third-order valence-electron chi connectivity index (χ3n) is 1.98. The van der Waals surface area contributed by atoms with Crippen molar-refractivity contribution in [2.24, 2.45) is 0 Å². The van der Waals surface area contributed by atoms with Crippen LogP contribution in [0.25, 0.3) is 0 Å². The maximum atomic E-state index is 13.4. The Morgan fingerprint density at radius 2 is 2.12 bits per heavy atom. The normalized spacial score (nSPS) is 10.4. The molecule has 0 aromatic heterocycles. The number of halogens is 3. The van der Waals surface area contributed by atoms with Gasteiger partial charge in [0.25, 0.3) is 0 Å². The van der Waals surface area contributed by atoms with Crippen molar-refractivity contribution in [2.75, 3.05) is 18.4 Å². The Labute approximate surface area is 107 Å². The molecule has 1 amide bonds. The minimum Gasteiger partial charge on any atom is -0.322 e. The summed E-state index contributed by atoms with van der Waals surface area (Å²) in [6.07, 6.45) is 0.905. The van der Waals surface area contributed by atoms with Crippen LogP contribution < -0.4 is 10.6 Å². The predicted octanol–water partition coefficient (Wildman–Crippen LogP) is 2.67. The highest BCUT2D eigenvalue weighted by atomic mass is 79.9. The zero-order chi connectivity index (χ0) is 12.8. The van der Waals surface area contributed by atoms with Crippen molar-refractivity contribution in [3.63, 3.8) is 0 Å². The van der Waals surface area contributed by atoms with Crippen LogP contribution in [-0.2, 0) is 4.79 Å². The average molecular weight is 307 g/mol. The van der Waals surface area contributed by atoms with Crippen LogP contribution >= 0.6 is 15.9 Å². The summed E-state index contributed by atoms with van der Waals surface area (Å²) >= 11 is 2.99. The molecule has 0 aliphatic carbocycles. The smallest absolute Gasteiger partial charge is 0.238 e. The molecule has 17 heavy (non-hydrogen) atoms. The third-order valence-corrected chi connectivity index (χ3v) is 2.61. The van der Waals surface area contributed by atoms with Gasteiger partial charge in [-0.15, -0.1) is 0 Å². The van der Waals surface area contributed by atoms with Crippen LogP contribution in [0, 0.1) is 11.6 Å². The third kappa shape index (κ3) is 4.40. The largest absolute Gasteiger partial charge is 0.322 e. The molecule has 0 spiro atoms. The van der Waals surface area contributed by atoms with Crippen LogP contribution in [0.1, 0.15) is 13.3 Å². The fourth-order valence-electron chi connectivity index (χ4n) is 1.22. The summed E-state index contributed by atoms with van der Waals surface area (Å²) in [5, 5.41) is 5.26. The number of carbonyl (C=O) groups excluding carboxylic acids is 1. The summed E-state index contributed by atoms with van der Waals surface area (Å²) in [6, 6.07) is 1.82. The second-order valence-electron chi connectivity index (χ2n) is 3.47. The van der Waals surface area contributed by atoms with Gasteiger partial charge in [-0.1, -0.05) is 6.92 Å². The van der Waals surface area contributed by atoms with Crippen LogP contribution in [-0.4, -0.2) is 19.0 Å². The van der Waals surface area contributed by atoms with Gasteiger partial charge in [-0.2, -0.15) is 0 Å². The van der Waals surface area contributed by atoms with E-state index in [1.807, 2.05) is 6.92 Å². The van der Waals surface area contributed by atoms with E-state index in [0.717, 1.165) is 18.6 Å². The lowest BCUT2D eigenvalue weighted by Crippen LogP contribution is -2.29. The maximum Gasteiger partial charge on any atom is 0.238 e. The summed E-state index contributed by atoms with van der Waals surface area (Å²) in [4.78, 5) is 11.4. The molecule has 94 valence electrons. The van der Waals surface area contributed by atoms with Crippen molar-refractivity contribution in [1.82, 2.24) is 5.32 Å². The van der Waals surface area contributed by atoms with Crippen molar-refractivity contribution in [1.29, 1.82) is 0 Å². The van der Waals surface area contributed by atoms with E-state index >= 15 is 0 Å². The zero-order valence-electron chi connectivity index (χ0n) is 9.32. The molecule has 2 N–H and O–H groups in total. The summed E-state index contributed by atoms with van der Waals surface area (Å²) < 4.78 is 26.3. The Kier molecular flexibility index (Phi) is 5.50. The minimum atomic E-state index is -0.805. The molecule has 0 unspecified atom stereocenters. The molecule has 0 aliphatic heterocycles. The van der Waals surface area contributed by atoms with Crippen molar-refractivity contribution < 1.29 is 13.6 Å². The van der Waals surface area contributed by atoms with Crippen LogP contribution in [0.15, 0.2) is 16.6 Å². The molecule has 1 aromatic rings. The first kappa shape index (κ1) is 14.1. The molecule has 1 aromatic carbocycles. The first-order valence-corrected chi connectivity index (χ1v) is 5.99. The van der Waals surface area contributed by atoms with E-state index in [1.165, 1.54) is 0 Å². The van der Waals surface area contributed by atoms with Crippen LogP contribution in [0.4, 0.5) is 14.5 Å². The van der Waals surface area contributed by atoms with Crippen molar-refractivity contribution in [3.05, 3.63) is 28.2 Å². The van der Waals surface area contributed by atoms with Crippen molar-refractivity contribution in [3.8, 4) is 0 Å². The number of benzene rings is 1. The number of nitrogens with one attached hydrogen (secondary N) is 2. The SMILES string of the molecule is CCCNCC(=O)Nc1c(F)cc(F)cc1Br. The van der Waals surface area contributed by atoms with Gasteiger partial charge in [0.2, 0.25) is 5.91 Å². The minimum absolute atomic E-state index is 0.0466. The Hall–Kier alpha value is -1.01. The van der Waals surface area contributed by atoms with E-state index in [0.29, 0.717) is 6.54 Å².